The largest absolute Gasteiger partial charge is 0.497 e. The second-order valence-corrected chi connectivity index (χ2v) is 8.36. The van der Waals surface area contributed by atoms with Crippen LogP contribution in [-0.2, 0) is 30.3 Å². The van der Waals surface area contributed by atoms with Gasteiger partial charge in [0.15, 0.2) is 0 Å². The zero-order valence-electron chi connectivity index (χ0n) is 20.7. The Labute approximate surface area is 198 Å². The highest BCUT2D eigenvalue weighted by molar-refractivity contribution is 5.69. The molecule has 0 fully saturated rings. The number of hydrogen-bond acceptors (Lipinski definition) is 7. The first kappa shape index (κ1) is 28.5. The second-order valence-electron chi connectivity index (χ2n) is 8.36. The van der Waals surface area contributed by atoms with E-state index in [-0.39, 0.29) is 18.0 Å². The van der Waals surface area contributed by atoms with Crippen molar-refractivity contribution in [2.45, 2.75) is 97.5 Å². The van der Waals surface area contributed by atoms with Gasteiger partial charge in [-0.2, -0.15) is 0 Å². The maximum Gasteiger partial charge on any atom is 0.308 e. The SMILES string of the molecule is COc1cc(CC(CCCCCCCCCCCOC(C)=O)OC(C)=O)cc(OC(C)=O)c1. The molecule has 1 unspecified atom stereocenters. The van der Waals surface area contributed by atoms with Gasteiger partial charge in [-0.05, 0) is 37.0 Å². The number of hydrogen-bond donors (Lipinski definition) is 0. The maximum atomic E-state index is 11.6. The minimum atomic E-state index is -0.396. The van der Waals surface area contributed by atoms with Gasteiger partial charge in [0, 0.05) is 33.3 Å². The Balaban J connectivity index is 2.34. The molecule has 0 saturated heterocycles. The molecule has 0 aliphatic carbocycles. The Kier molecular flexibility index (Phi) is 14.6. The highest BCUT2D eigenvalue weighted by Gasteiger charge is 2.15. The summed E-state index contributed by atoms with van der Waals surface area (Å²) in [5.41, 5.74) is 0.894. The Morgan fingerprint density at radius 1 is 0.727 bits per heavy atom. The molecule has 186 valence electrons. The van der Waals surface area contributed by atoms with Crippen molar-refractivity contribution >= 4 is 17.9 Å². The van der Waals surface area contributed by atoms with Gasteiger partial charge >= 0.3 is 17.9 Å². The molecule has 1 rings (SSSR count). The summed E-state index contributed by atoms with van der Waals surface area (Å²) >= 11 is 0. The predicted molar refractivity (Wildman–Crippen MR) is 126 cm³/mol. The number of methoxy groups -OCH3 is 1. The van der Waals surface area contributed by atoms with Crippen LogP contribution in [0, 0.1) is 0 Å². The lowest BCUT2D eigenvalue weighted by Gasteiger charge is -2.18. The zero-order chi connectivity index (χ0) is 24.5. The van der Waals surface area contributed by atoms with Gasteiger partial charge in [0.05, 0.1) is 13.7 Å². The zero-order valence-corrected chi connectivity index (χ0v) is 20.7. The number of rotatable bonds is 17. The molecule has 1 aromatic rings. The Morgan fingerprint density at radius 3 is 1.85 bits per heavy atom. The third kappa shape index (κ3) is 15.0. The first-order valence-electron chi connectivity index (χ1n) is 12.0. The van der Waals surface area contributed by atoms with E-state index in [0.717, 1.165) is 44.1 Å². The average Bonchev–Trinajstić information content (AvgIpc) is 2.73. The van der Waals surface area contributed by atoms with Gasteiger partial charge in [-0.25, -0.2) is 0 Å². The van der Waals surface area contributed by atoms with Gasteiger partial charge in [0.1, 0.15) is 17.6 Å². The van der Waals surface area contributed by atoms with Gasteiger partial charge in [0.2, 0.25) is 0 Å². The summed E-state index contributed by atoms with van der Waals surface area (Å²) in [7, 11) is 1.56. The summed E-state index contributed by atoms with van der Waals surface area (Å²) in [4.78, 5) is 33.6. The molecule has 0 radical (unpaired) electrons. The van der Waals surface area contributed by atoms with E-state index in [9.17, 15) is 14.4 Å². The van der Waals surface area contributed by atoms with E-state index in [0.29, 0.717) is 24.5 Å². The highest BCUT2D eigenvalue weighted by Crippen LogP contribution is 2.25. The van der Waals surface area contributed by atoms with Crippen LogP contribution < -0.4 is 9.47 Å². The fourth-order valence-corrected chi connectivity index (χ4v) is 3.72. The summed E-state index contributed by atoms with van der Waals surface area (Å²) in [6.45, 7) is 4.75. The topological polar surface area (TPSA) is 88.1 Å². The number of carbonyl (C=O) groups excluding carboxylic acids is 3. The molecule has 0 aromatic heterocycles. The Hall–Kier alpha value is -2.57. The molecule has 0 amide bonds. The number of ether oxygens (including phenoxy) is 4. The summed E-state index contributed by atoms with van der Waals surface area (Å²) in [6.07, 6.45) is 11.2. The molecule has 0 saturated carbocycles. The van der Waals surface area contributed by atoms with E-state index in [4.69, 9.17) is 18.9 Å². The van der Waals surface area contributed by atoms with Crippen LogP contribution in [0.3, 0.4) is 0 Å². The van der Waals surface area contributed by atoms with Crippen LogP contribution in [0.15, 0.2) is 18.2 Å². The molecular formula is C26H40O7. The van der Waals surface area contributed by atoms with Gasteiger partial charge < -0.3 is 18.9 Å². The van der Waals surface area contributed by atoms with Crippen LogP contribution in [0.5, 0.6) is 11.5 Å². The lowest BCUT2D eigenvalue weighted by atomic mass is 10.0. The molecule has 1 aromatic carbocycles. The normalized spacial score (nSPS) is 11.5. The quantitative estimate of drug-likeness (QED) is 0.169. The standard InChI is InChI=1S/C26H40O7/c1-20(27)31-15-13-11-9-7-5-6-8-10-12-14-24(32-21(2)28)16-23-17-25(30-4)19-26(18-23)33-22(3)29/h17-19,24H,5-16H2,1-4H3. The molecule has 0 bridgehead atoms. The highest BCUT2D eigenvalue weighted by atomic mass is 16.5. The Morgan fingerprint density at radius 2 is 1.30 bits per heavy atom. The molecule has 33 heavy (non-hydrogen) atoms. The molecular weight excluding hydrogens is 424 g/mol. The van der Waals surface area contributed by atoms with Crippen molar-refractivity contribution in [1.29, 1.82) is 0 Å². The smallest absolute Gasteiger partial charge is 0.308 e. The van der Waals surface area contributed by atoms with E-state index >= 15 is 0 Å². The minimum Gasteiger partial charge on any atom is -0.497 e. The average molecular weight is 465 g/mol. The van der Waals surface area contributed by atoms with Gasteiger partial charge in [0.25, 0.3) is 0 Å². The Bertz CT molecular complexity index is 729. The third-order valence-electron chi connectivity index (χ3n) is 5.21. The lowest BCUT2D eigenvalue weighted by molar-refractivity contribution is -0.146. The molecule has 0 heterocycles. The van der Waals surface area contributed by atoms with E-state index < -0.39 is 5.97 Å². The maximum absolute atomic E-state index is 11.6. The first-order valence-corrected chi connectivity index (χ1v) is 12.0. The number of esters is 3. The molecule has 7 heteroatoms. The van der Waals surface area contributed by atoms with Crippen LogP contribution >= 0.6 is 0 Å². The van der Waals surface area contributed by atoms with Crippen molar-refractivity contribution in [2.75, 3.05) is 13.7 Å². The van der Waals surface area contributed by atoms with Gasteiger partial charge in [-0.15, -0.1) is 0 Å². The van der Waals surface area contributed by atoms with Crippen molar-refractivity contribution in [3.05, 3.63) is 23.8 Å². The van der Waals surface area contributed by atoms with E-state index in [1.807, 2.05) is 6.07 Å². The van der Waals surface area contributed by atoms with Crippen LogP contribution in [0.4, 0.5) is 0 Å². The third-order valence-corrected chi connectivity index (χ3v) is 5.21. The molecule has 0 N–H and O–H groups in total. The number of carbonyl (C=O) groups is 3. The first-order chi connectivity index (χ1) is 15.8. The minimum absolute atomic E-state index is 0.207. The van der Waals surface area contributed by atoms with E-state index in [2.05, 4.69) is 0 Å². The fraction of sp³-hybridized carbons (Fsp3) is 0.654. The summed E-state index contributed by atoms with van der Waals surface area (Å²) in [5.74, 6) is 0.118. The van der Waals surface area contributed by atoms with Gasteiger partial charge in [-0.3, -0.25) is 14.4 Å². The van der Waals surface area contributed by atoms with Crippen molar-refractivity contribution in [2.24, 2.45) is 0 Å². The van der Waals surface area contributed by atoms with Crippen molar-refractivity contribution in [3.63, 3.8) is 0 Å². The van der Waals surface area contributed by atoms with Gasteiger partial charge in [-0.1, -0.05) is 44.9 Å². The van der Waals surface area contributed by atoms with Crippen molar-refractivity contribution < 1.29 is 33.3 Å². The van der Waals surface area contributed by atoms with E-state index in [1.54, 1.807) is 19.2 Å². The lowest BCUT2D eigenvalue weighted by Crippen LogP contribution is -2.19. The molecule has 0 aliphatic rings. The summed E-state index contributed by atoms with van der Waals surface area (Å²) < 4.78 is 21.0. The van der Waals surface area contributed by atoms with Crippen molar-refractivity contribution in [3.8, 4) is 11.5 Å². The number of benzene rings is 1. The van der Waals surface area contributed by atoms with Crippen molar-refractivity contribution in [1.82, 2.24) is 0 Å². The molecule has 1 atom stereocenters. The fourth-order valence-electron chi connectivity index (χ4n) is 3.72. The molecule has 0 aliphatic heterocycles. The van der Waals surface area contributed by atoms with Crippen LogP contribution in [0.25, 0.3) is 0 Å². The van der Waals surface area contributed by atoms with Crippen LogP contribution in [-0.4, -0.2) is 37.7 Å². The van der Waals surface area contributed by atoms with Crippen LogP contribution in [0.2, 0.25) is 0 Å². The number of unbranched alkanes of at least 4 members (excludes halogenated alkanes) is 8. The predicted octanol–water partition coefficient (Wildman–Crippen LogP) is 5.56. The summed E-state index contributed by atoms with van der Waals surface area (Å²) in [6, 6.07) is 5.31. The molecule has 0 spiro atoms. The van der Waals surface area contributed by atoms with Crippen LogP contribution in [0.1, 0.15) is 90.5 Å². The molecule has 7 nitrogen and oxygen atoms in total. The monoisotopic (exact) mass is 464 g/mol. The second kappa shape index (κ2) is 17.0. The summed E-state index contributed by atoms with van der Waals surface area (Å²) in [5, 5.41) is 0. The van der Waals surface area contributed by atoms with E-state index in [1.165, 1.54) is 46.5 Å².